The number of halogens is 1. The third-order valence-electron chi connectivity index (χ3n) is 2.09. The predicted octanol–water partition coefficient (Wildman–Crippen LogP) is 2.65. The van der Waals surface area contributed by atoms with E-state index in [1.807, 2.05) is 6.92 Å². The molecule has 1 N–H and O–H groups in total. The Balaban J connectivity index is 2.57. The van der Waals surface area contributed by atoms with Crippen LogP contribution in [0.5, 0.6) is 0 Å². The first kappa shape index (κ1) is 12.0. The molecule has 4 heteroatoms. The molecule has 1 amide bonds. The first-order valence-corrected chi connectivity index (χ1v) is 5.43. The summed E-state index contributed by atoms with van der Waals surface area (Å²) in [6, 6.07) is 3.47. The number of nitrogens with zero attached hydrogens (tertiary/aromatic N) is 1. The highest BCUT2D eigenvalue weighted by molar-refractivity contribution is 6.29. The molecule has 0 saturated heterocycles. The maximum absolute atomic E-state index is 11.6. The minimum Gasteiger partial charge on any atom is -0.350 e. The molecule has 0 bridgehead atoms. The van der Waals surface area contributed by atoms with Crippen LogP contribution in [0.2, 0.25) is 5.15 Å². The zero-order valence-corrected chi connectivity index (χ0v) is 9.71. The van der Waals surface area contributed by atoms with Gasteiger partial charge in [-0.1, -0.05) is 24.9 Å². The zero-order chi connectivity index (χ0) is 11.3. The molecular formula is C11H15ClN2O. The van der Waals surface area contributed by atoms with Crippen LogP contribution in [0.1, 0.15) is 37.0 Å². The summed E-state index contributed by atoms with van der Waals surface area (Å²) >= 11 is 5.63. The lowest BCUT2D eigenvalue weighted by molar-refractivity contribution is 0.0938. The van der Waals surface area contributed by atoms with Gasteiger partial charge in [-0.15, -0.1) is 0 Å². The number of aromatic nitrogens is 1. The number of amides is 1. The van der Waals surface area contributed by atoms with Gasteiger partial charge in [0.15, 0.2) is 0 Å². The van der Waals surface area contributed by atoms with E-state index in [0.29, 0.717) is 10.7 Å². The molecule has 1 rings (SSSR count). The van der Waals surface area contributed by atoms with Crippen LogP contribution >= 0.6 is 11.6 Å². The van der Waals surface area contributed by atoms with E-state index in [1.54, 1.807) is 12.1 Å². The smallest absolute Gasteiger partial charge is 0.253 e. The van der Waals surface area contributed by atoms with Gasteiger partial charge in [0.1, 0.15) is 5.15 Å². The van der Waals surface area contributed by atoms with Crippen molar-refractivity contribution in [1.82, 2.24) is 10.3 Å². The molecule has 0 fully saturated rings. The monoisotopic (exact) mass is 226 g/mol. The molecule has 0 aliphatic heterocycles. The molecule has 3 nitrogen and oxygen atoms in total. The second-order valence-corrected chi connectivity index (χ2v) is 3.92. The maximum Gasteiger partial charge on any atom is 0.253 e. The fraction of sp³-hybridized carbons (Fsp3) is 0.455. The Kier molecular flexibility index (Phi) is 4.56. The molecule has 1 heterocycles. The van der Waals surface area contributed by atoms with Crippen molar-refractivity contribution in [3.05, 3.63) is 29.0 Å². The van der Waals surface area contributed by atoms with Crippen molar-refractivity contribution in [2.75, 3.05) is 0 Å². The van der Waals surface area contributed by atoms with Crippen molar-refractivity contribution < 1.29 is 4.79 Å². The van der Waals surface area contributed by atoms with Crippen molar-refractivity contribution >= 4 is 17.5 Å². The van der Waals surface area contributed by atoms with Crippen LogP contribution < -0.4 is 5.32 Å². The molecule has 82 valence electrons. The van der Waals surface area contributed by atoms with E-state index in [-0.39, 0.29) is 11.9 Å². The van der Waals surface area contributed by atoms with E-state index in [0.717, 1.165) is 12.8 Å². The Morgan fingerprint density at radius 3 is 2.87 bits per heavy atom. The van der Waals surface area contributed by atoms with Gasteiger partial charge in [0.05, 0.1) is 5.56 Å². The van der Waals surface area contributed by atoms with Gasteiger partial charge in [0, 0.05) is 12.2 Å². The molecule has 0 saturated carbocycles. The Labute approximate surface area is 94.9 Å². The van der Waals surface area contributed by atoms with E-state index in [2.05, 4.69) is 17.2 Å². The number of nitrogens with one attached hydrogen (secondary N) is 1. The largest absolute Gasteiger partial charge is 0.350 e. The van der Waals surface area contributed by atoms with Crippen molar-refractivity contribution in [3.63, 3.8) is 0 Å². The number of pyridine rings is 1. The van der Waals surface area contributed by atoms with Crippen molar-refractivity contribution in [3.8, 4) is 0 Å². The van der Waals surface area contributed by atoms with Gasteiger partial charge in [0.25, 0.3) is 5.91 Å². The van der Waals surface area contributed by atoms with Crippen molar-refractivity contribution in [1.29, 1.82) is 0 Å². The lowest BCUT2D eigenvalue weighted by Gasteiger charge is -2.12. The van der Waals surface area contributed by atoms with Gasteiger partial charge < -0.3 is 5.32 Å². The average Bonchev–Trinajstić information content (AvgIpc) is 2.18. The van der Waals surface area contributed by atoms with Gasteiger partial charge in [-0.3, -0.25) is 4.79 Å². The standard InChI is InChI=1S/C11H15ClN2O/c1-3-4-8(2)14-11(15)9-5-6-10(12)13-7-9/h5-8H,3-4H2,1-2H3,(H,14,15). The number of carbonyl (C=O) groups is 1. The van der Waals surface area contributed by atoms with Crippen LogP contribution in [0.15, 0.2) is 18.3 Å². The summed E-state index contributed by atoms with van der Waals surface area (Å²) in [5.41, 5.74) is 0.544. The second kappa shape index (κ2) is 5.71. The number of rotatable bonds is 4. The van der Waals surface area contributed by atoms with E-state index in [4.69, 9.17) is 11.6 Å². The van der Waals surface area contributed by atoms with Crippen LogP contribution in [-0.2, 0) is 0 Å². The summed E-state index contributed by atoms with van der Waals surface area (Å²) in [7, 11) is 0. The molecule has 0 aliphatic carbocycles. The highest BCUT2D eigenvalue weighted by atomic mass is 35.5. The summed E-state index contributed by atoms with van der Waals surface area (Å²) in [5, 5.41) is 3.29. The molecule has 1 aromatic heterocycles. The van der Waals surface area contributed by atoms with E-state index in [9.17, 15) is 4.79 Å². The van der Waals surface area contributed by atoms with E-state index in [1.165, 1.54) is 6.20 Å². The Hall–Kier alpha value is -1.09. The minimum atomic E-state index is -0.0971. The maximum atomic E-state index is 11.6. The summed E-state index contributed by atoms with van der Waals surface area (Å²) in [5.74, 6) is -0.0971. The third-order valence-corrected chi connectivity index (χ3v) is 2.31. The van der Waals surface area contributed by atoms with Gasteiger partial charge in [0.2, 0.25) is 0 Å². The van der Waals surface area contributed by atoms with Crippen LogP contribution in [-0.4, -0.2) is 16.9 Å². The summed E-state index contributed by atoms with van der Waals surface area (Å²) in [6.45, 7) is 4.08. The average molecular weight is 227 g/mol. The first-order valence-electron chi connectivity index (χ1n) is 5.06. The fourth-order valence-electron chi connectivity index (χ4n) is 1.32. The summed E-state index contributed by atoms with van der Waals surface area (Å²) in [6.07, 6.45) is 3.52. The molecule has 0 spiro atoms. The normalized spacial score (nSPS) is 12.2. The van der Waals surface area contributed by atoms with Crippen LogP contribution in [0.4, 0.5) is 0 Å². The first-order chi connectivity index (χ1) is 7.13. The molecule has 0 aliphatic rings. The third kappa shape index (κ3) is 3.88. The molecule has 15 heavy (non-hydrogen) atoms. The number of hydrogen-bond acceptors (Lipinski definition) is 2. The Morgan fingerprint density at radius 1 is 1.60 bits per heavy atom. The quantitative estimate of drug-likeness (QED) is 0.802. The summed E-state index contributed by atoms with van der Waals surface area (Å²) < 4.78 is 0. The fourth-order valence-corrected chi connectivity index (χ4v) is 1.43. The molecule has 1 aromatic rings. The summed E-state index contributed by atoms with van der Waals surface area (Å²) in [4.78, 5) is 15.5. The van der Waals surface area contributed by atoms with Crippen LogP contribution in [0.25, 0.3) is 0 Å². The van der Waals surface area contributed by atoms with Gasteiger partial charge >= 0.3 is 0 Å². The van der Waals surface area contributed by atoms with Crippen molar-refractivity contribution in [2.24, 2.45) is 0 Å². The lowest BCUT2D eigenvalue weighted by Crippen LogP contribution is -2.32. The second-order valence-electron chi connectivity index (χ2n) is 3.53. The SMILES string of the molecule is CCCC(C)NC(=O)c1ccc(Cl)nc1. The van der Waals surface area contributed by atoms with Crippen LogP contribution in [0.3, 0.4) is 0 Å². The van der Waals surface area contributed by atoms with Gasteiger partial charge in [-0.25, -0.2) is 4.98 Å². The number of carbonyl (C=O) groups excluding carboxylic acids is 1. The Bertz CT molecular complexity index is 324. The Morgan fingerprint density at radius 2 is 2.33 bits per heavy atom. The van der Waals surface area contributed by atoms with Gasteiger partial charge in [-0.05, 0) is 25.5 Å². The predicted molar refractivity (Wildman–Crippen MR) is 61.1 cm³/mol. The van der Waals surface area contributed by atoms with E-state index < -0.39 is 0 Å². The molecule has 1 unspecified atom stereocenters. The zero-order valence-electron chi connectivity index (χ0n) is 8.96. The highest BCUT2D eigenvalue weighted by Crippen LogP contribution is 2.05. The molecule has 1 atom stereocenters. The lowest BCUT2D eigenvalue weighted by atomic mass is 10.2. The molecule has 0 radical (unpaired) electrons. The van der Waals surface area contributed by atoms with Gasteiger partial charge in [-0.2, -0.15) is 0 Å². The van der Waals surface area contributed by atoms with Crippen LogP contribution in [0, 0.1) is 0 Å². The topological polar surface area (TPSA) is 42.0 Å². The number of hydrogen-bond donors (Lipinski definition) is 1. The van der Waals surface area contributed by atoms with E-state index >= 15 is 0 Å². The van der Waals surface area contributed by atoms with Crippen molar-refractivity contribution in [2.45, 2.75) is 32.7 Å². The highest BCUT2D eigenvalue weighted by Gasteiger charge is 2.08. The molecular weight excluding hydrogens is 212 g/mol. The minimum absolute atomic E-state index is 0.0971. The molecule has 0 aromatic carbocycles.